The van der Waals surface area contributed by atoms with Crippen LogP contribution in [-0.4, -0.2) is 4.98 Å². The maximum absolute atomic E-state index is 5.78. The lowest BCUT2D eigenvalue weighted by molar-refractivity contribution is 1.41. The molecule has 2 nitrogen and oxygen atoms in total. The van der Waals surface area contributed by atoms with E-state index in [0.29, 0.717) is 0 Å². The lowest BCUT2D eigenvalue weighted by Gasteiger charge is -1.99. The minimum absolute atomic E-state index is 0.795. The first-order valence-corrected chi connectivity index (χ1v) is 4.26. The molecule has 0 saturated carbocycles. The summed E-state index contributed by atoms with van der Waals surface area (Å²) in [6.45, 7) is 2.07. The van der Waals surface area contributed by atoms with Crippen LogP contribution in [0.2, 0.25) is 0 Å². The number of aromatic nitrogens is 1. The van der Waals surface area contributed by atoms with Crippen molar-refractivity contribution in [3.05, 3.63) is 42.2 Å². The van der Waals surface area contributed by atoms with Gasteiger partial charge >= 0.3 is 0 Å². The van der Waals surface area contributed by atoms with Gasteiger partial charge in [-0.25, -0.2) is 0 Å². The largest absolute Gasteiger partial charge is 0.397 e. The summed E-state index contributed by atoms with van der Waals surface area (Å²) in [6.07, 6.45) is 3.72. The van der Waals surface area contributed by atoms with Gasteiger partial charge in [-0.3, -0.25) is 0 Å². The van der Waals surface area contributed by atoms with E-state index >= 15 is 0 Å². The van der Waals surface area contributed by atoms with Gasteiger partial charge in [0.05, 0.1) is 5.69 Å². The number of anilines is 1. The molecule has 0 aliphatic carbocycles. The number of aryl methyl sites for hydroxylation is 1. The first-order valence-electron chi connectivity index (χ1n) is 4.26. The van der Waals surface area contributed by atoms with Gasteiger partial charge in [-0.2, -0.15) is 0 Å². The van der Waals surface area contributed by atoms with Gasteiger partial charge in [0, 0.05) is 18.0 Å². The fraction of sp³-hybridized carbons (Fsp3) is 0.0909. The molecule has 2 rings (SSSR count). The quantitative estimate of drug-likeness (QED) is 0.682. The Hall–Kier alpha value is -1.70. The number of hydrogen-bond acceptors (Lipinski definition) is 1. The van der Waals surface area contributed by atoms with Crippen LogP contribution in [0.1, 0.15) is 5.56 Å². The second kappa shape index (κ2) is 2.98. The maximum atomic E-state index is 5.78. The van der Waals surface area contributed by atoms with Crippen LogP contribution in [0.3, 0.4) is 0 Å². The molecule has 0 bridgehead atoms. The molecule has 1 aromatic heterocycles. The number of nitrogens with two attached hydrogens (primary N) is 1. The van der Waals surface area contributed by atoms with E-state index in [1.165, 1.54) is 5.56 Å². The molecule has 0 aliphatic rings. The van der Waals surface area contributed by atoms with E-state index in [-0.39, 0.29) is 0 Å². The third-order valence-electron chi connectivity index (χ3n) is 2.14. The topological polar surface area (TPSA) is 41.8 Å². The third-order valence-corrected chi connectivity index (χ3v) is 2.14. The second-order valence-electron chi connectivity index (χ2n) is 3.19. The van der Waals surface area contributed by atoms with Crippen molar-refractivity contribution in [1.82, 2.24) is 4.98 Å². The van der Waals surface area contributed by atoms with Crippen LogP contribution in [0.15, 0.2) is 36.7 Å². The molecule has 0 saturated heterocycles. The van der Waals surface area contributed by atoms with E-state index in [4.69, 9.17) is 5.73 Å². The molecule has 1 aromatic carbocycles. The number of H-pyrrole nitrogens is 1. The summed E-state index contributed by atoms with van der Waals surface area (Å²) in [4.78, 5) is 2.99. The number of aromatic amines is 1. The van der Waals surface area contributed by atoms with E-state index in [9.17, 15) is 0 Å². The zero-order chi connectivity index (χ0) is 9.26. The predicted octanol–water partition coefficient (Wildman–Crippen LogP) is 2.57. The van der Waals surface area contributed by atoms with E-state index in [1.54, 1.807) is 6.20 Å². The van der Waals surface area contributed by atoms with E-state index in [0.717, 1.165) is 16.8 Å². The highest BCUT2D eigenvalue weighted by atomic mass is 14.7. The minimum Gasteiger partial charge on any atom is -0.397 e. The van der Waals surface area contributed by atoms with Crippen LogP contribution < -0.4 is 5.73 Å². The van der Waals surface area contributed by atoms with E-state index in [2.05, 4.69) is 36.2 Å². The highest BCUT2D eigenvalue weighted by Gasteiger charge is 2.01. The lowest BCUT2D eigenvalue weighted by Crippen LogP contribution is -1.84. The molecule has 0 amide bonds. The Bertz CT molecular complexity index is 398. The van der Waals surface area contributed by atoms with Crippen molar-refractivity contribution in [1.29, 1.82) is 0 Å². The Kier molecular flexibility index (Phi) is 1.81. The van der Waals surface area contributed by atoms with Crippen molar-refractivity contribution < 1.29 is 0 Å². The van der Waals surface area contributed by atoms with Crippen molar-refractivity contribution >= 4 is 5.69 Å². The summed E-state index contributed by atoms with van der Waals surface area (Å²) in [5.41, 5.74) is 10.1. The molecule has 0 fully saturated rings. The summed E-state index contributed by atoms with van der Waals surface area (Å²) >= 11 is 0. The number of nitrogen functional groups attached to an aromatic ring is 1. The molecule has 1 heterocycles. The van der Waals surface area contributed by atoms with Gasteiger partial charge in [-0.05, 0) is 12.5 Å². The standard InChI is InChI=1S/C11H12N2/c1-8-2-4-9(5-3-8)10-6-13-7-11(10)12/h2-7,13H,12H2,1H3. The third kappa shape index (κ3) is 1.43. The van der Waals surface area contributed by atoms with Crippen molar-refractivity contribution in [3.63, 3.8) is 0 Å². The fourth-order valence-corrected chi connectivity index (χ4v) is 1.36. The molecule has 0 spiro atoms. The van der Waals surface area contributed by atoms with Gasteiger partial charge in [0.15, 0.2) is 0 Å². The zero-order valence-electron chi connectivity index (χ0n) is 7.54. The average Bonchev–Trinajstić information content (AvgIpc) is 2.53. The Balaban J connectivity index is 2.47. The monoisotopic (exact) mass is 172 g/mol. The second-order valence-corrected chi connectivity index (χ2v) is 3.19. The molecule has 0 unspecified atom stereocenters. The van der Waals surface area contributed by atoms with Crippen molar-refractivity contribution in [2.75, 3.05) is 5.73 Å². The Morgan fingerprint density at radius 2 is 1.77 bits per heavy atom. The average molecular weight is 172 g/mol. The van der Waals surface area contributed by atoms with Crippen LogP contribution in [0.5, 0.6) is 0 Å². The fourth-order valence-electron chi connectivity index (χ4n) is 1.36. The van der Waals surface area contributed by atoms with Crippen LogP contribution in [0.4, 0.5) is 5.69 Å². The zero-order valence-corrected chi connectivity index (χ0v) is 7.54. The smallest absolute Gasteiger partial charge is 0.0571 e. The van der Waals surface area contributed by atoms with Crippen molar-refractivity contribution in [2.24, 2.45) is 0 Å². The van der Waals surface area contributed by atoms with Crippen LogP contribution in [-0.2, 0) is 0 Å². The molecule has 3 N–H and O–H groups in total. The maximum Gasteiger partial charge on any atom is 0.0571 e. The molecular weight excluding hydrogens is 160 g/mol. The predicted molar refractivity (Wildman–Crippen MR) is 55.4 cm³/mol. The number of rotatable bonds is 1. The van der Waals surface area contributed by atoms with Crippen molar-refractivity contribution in [2.45, 2.75) is 6.92 Å². The van der Waals surface area contributed by atoms with Crippen LogP contribution >= 0.6 is 0 Å². The SMILES string of the molecule is Cc1ccc(-c2c[nH]cc2N)cc1. The first-order chi connectivity index (χ1) is 6.27. The molecule has 66 valence electrons. The van der Waals surface area contributed by atoms with Gasteiger partial charge in [0.1, 0.15) is 0 Å². The van der Waals surface area contributed by atoms with Crippen LogP contribution in [0, 0.1) is 6.92 Å². The molecule has 0 radical (unpaired) electrons. The Morgan fingerprint density at radius 1 is 1.08 bits per heavy atom. The molecule has 0 atom stereocenters. The highest BCUT2D eigenvalue weighted by Crippen LogP contribution is 2.24. The van der Waals surface area contributed by atoms with Gasteiger partial charge in [-0.15, -0.1) is 0 Å². The van der Waals surface area contributed by atoms with Gasteiger partial charge in [0.25, 0.3) is 0 Å². The summed E-state index contributed by atoms with van der Waals surface area (Å²) in [5, 5.41) is 0. The Labute approximate surface area is 77.4 Å². The molecule has 2 heteroatoms. The summed E-state index contributed by atoms with van der Waals surface area (Å²) < 4.78 is 0. The highest BCUT2D eigenvalue weighted by molar-refractivity contribution is 5.75. The minimum atomic E-state index is 0.795. The molecule has 0 aliphatic heterocycles. The van der Waals surface area contributed by atoms with Crippen LogP contribution in [0.25, 0.3) is 11.1 Å². The lowest BCUT2D eigenvalue weighted by atomic mass is 10.1. The molecule has 2 aromatic rings. The van der Waals surface area contributed by atoms with E-state index in [1.807, 2.05) is 6.20 Å². The summed E-state index contributed by atoms with van der Waals surface area (Å²) in [5.74, 6) is 0. The van der Waals surface area contributed by atoms with Gasteiger partial charge < -0.3 is 10.7 Å². The van der Waals surface area contributed by atoms with E-state index < -0.39 is 0 Å². The van der Waals surface area contributed by atoms with Gasteiger partial charge in [0.2, 0.25) is 0 Å². The normalized spacial score (nSPS) is 10.2. The summed E-state index contributed by atoms with van der Waals surface area (Å²) in [6, 6.07) is 8.33. The number of benzene rings is 1. The van der Waals surface area contributed by atoms with Crippen molar-refractivity contribution in [3.8, 4) is 11.1 Å². The molecule has 13 heavy (non-hydrogen) atoms. The summed E-state index contributed by atoms with van der Waals surface area (Å²) in [7, 11) is 0. The molecular formula is C11H12N2. The van der Waals surface area contributed by atoms with Gasteiger partial charge in [-0.1, -0.05) is 29.8 Å². The number of hydrogen-bond donors (Lipinski definition) is 2. The Morgan fingerprint density at radius 3 is 2.31 bits per heavy atom. The first kappa shape index (κ1) is 7.92. The number of nitrogens with one attached hydrogen (secondary N) is 1.